The Bertz CT molecular complexity index is 393. The lowest BCUT2D eigenvalue weighted by atomic mass is 10.1. The monoisotopic (exact) mass is 201 g/mol. The van der Waals surface area contributed by atoms with Gasteiger partial charge in [-0.15, -0.1) is 11.3 Å². The van der Waals surface area contributed by atoms with E-state index in [9.17, 15) is 0 Å². The summed E-state index contributed by atoms with van der Waals surface area (Å²) in [6.07, 6.45) is 1.03. The first kappa shape index (κ1) is 9.47. The van der Waals surface area contributed by atoms with Gasteiger partial charge in [0.1, 0.15) is 0 Å². The zero-order valence-corrected chi connectivity index (χ0v) is 9.10. The molecule has 0 aliphatic carbocycles. The molecular weight excluding hydrogens is 188 g/mol. The van der Waals surface area contributed by atoms with Gasteiger partial charge in [-0.1, -0.05) is 30.3 Å². The molecule has 1 heterocycles. The average molecular weight is 201 g/mol. The van der Waals surface area contributed by atoms with Crippen LogP contribution < -0.4 is 0 Å². The summed E-state index contributed by atoms with van der Waals surface area (Å²) in [5, 5.41) is 0. The summed E-state index contributed by atoms with van der Waals surface area (Å²) in [6.45, 7) is 6.12. The summed E-state index contributed by atoms with van der Waals surface area (Å²) in [6, 6.07) is 12.8. The SMILES string of the molecule is [CH2]c1sc(Cc2ccccc2)cc1C. The van der Waals surface area contributed by atoms with E-state index in [0.717, 1.165) is 6.42 Å². The second-order valence-corrected chi connectivity index (χ2v) is 4.70. The van der Waals surface area contributed by atoms with Crippen LogP contribution in [-0.4, -0.2) is 0 Å². The quantitative estimate of drug-likeness (QED) is 0.692. The third kappa shape index (κ3) is 2.05. The predicted octanol–water partition coefficient (Wildman–Crippen LogP) is 3.83. The molecule has 0 amide bonds. The Hall–Kier alpha value is -1.08. The van der Waals surface area contributed by atoms with Crippen LogP contribution in [0, 0.1) is 13.8 Å². The van der Waals surface area contributed by atoms with E-state index in [0.29, 0.717) is 0 Å². The fraction of sp³-hybridized carbons (Fsp3) is 0.154. The van der Waals surface area contributed by atoms with Gasteiger partial charge in [-0.05, 0) is 31.0 Å². The Morgan fingerprint density at radius 3 is 2.50 bits per heavy atom. The summed E-state index contributed by atoms with van der Waals surface area (Å²) in [5.74, 6) is 0. The fourth-order valence-corrected chi connectivity index (χ4v) is 2.49. The molecule has 2 rings (SSSR count). The van der Waals surface area contributed by atoms with Gasteiger partial charge in [0.05, 0.1) is 0 Å². The van der Waals surface area contributed by atoms with Crippen molar-refractivity contribution in [2.75, 3.05) is 0 Å². The molecule has 0 unspecified atom stereocenters. The van der Waals surface area contributed by atoms with Gasteiger partial charge >= 0.3 is 0 Å². The van der Waals surface area contributed by atoms with E-state index in [1.54, 1.807) is 11.3 Å². The first-order valence-electron chi connectivity index (χ1n) is 4.71. The van der Waals surface area contributed by atoms with Gasteiger partial charge in [0.15, 0.2) is 0 Å². The van der Waals surface area contributed by atoms with Crippen LogP contribution in [0.3, 0.4) is 0 Å². The molecule has 0 fully saturated rings. The molecule has 0 aliphatic heterocycles. The molecule has 14 heavy (non-hydrogen) atoms. The van der Waals surface area contributed by atoms with E-state index >= 15 is 0 Å². The van der Waals surface area contributed by atoms with Crippen molar-refractivity contribution < 1.29 is 0 Å². The van der Waals surface area contributed by atoms with Gasteiger partial charge in [0.25, 0.3) is 0 Å². The van der Waals surface area contributed by atoms with Crippen molar-refractivity contribution in [2.24, 2.45) is 0 Å². The highest BCUT2D eigenvalue weighted by Crippen LogP contribution is 2.22. The molecule has 0 bridgehead atoms. The minimum Gasteiger partial charge on any atom is -0.145 e. The highest BCUT2D eigenvalue weighted by atomic mass is 32.1. The normalized spacial score (nSPS) is 10.4. The lowest BCUT2D eigenvalue weighted by Crippen LogP contribution is -1.82. The molecule has 1 heteroatoms. The Labute approximate surface area is 89.2 Å². The average Bonchev–Trinajstić information content (AvgIpc) is 2.47. The third-order valence-electron chi connectivity index (χ3n) is 2.29. The summed E-state index contributed by atoms with van der Waals surface area (Å²) in [7, 11) is 0. The summed E-state index contributed by atoms with van der Waals surface area (Å²) < 4.78 is 0. The van der Waals surface area contributed by atoms with Crippen molar-refractivity contribution in [3.63, 3.8) is 0 Å². The molecule has 0 atom stereocenters. The minimum absolute atomic E-state index is 1.03. The topological polar surface area (TPSA) is 0 Å². The molecule has 1 aromatic carbocycles. The van der Waals surface area contributed by atoms with Crippen LogP contribution in [0.5, 0.6) is 0 Å². The molecule has 0 saturated heterocycles. The van der Waals surface area contributed by atoms with E-state index in [2.05, 4.69) is 50.2 Å². The van der Waals surface area contributed by atoms with Crippen molar-refractivity contribution >= 4 is 11.3 Å². The summed E-state index contributed by atoms with van der Waals surface area (Å²) >= 11 is 1.80. The number of hydrogen-bond acceptors (Lipinski definition) is 1. The van der Waals surface area contributed by atoms with E-state index in [4.69, 9.17) is 0 Å². The van der Waals surface area contributed by atoms with Crippen LogP contribution in [0.15, 0.2) is 36.4 Å². The van der Waals surface area contributed by atoms with Crippen LogP contribution >= 0.6 is 11.3 Å². The van der Waals surface area contributed by atoms with E-state index in [-0.39, 0.29) is 0 Å². The number of benzene rings is 1. The van der Waals surface area contributed by atoms with Gasteiger partial charge < -0.3 is 0 Å². The van der Waals surface area contributed by atoms with Crippen molar-refractivity contribution in [3.05, 3.63) is 64.2 Å². The lowest BCUT2D eigenvalue weighted by molar-refractivity contribution is 1.24. The first-order chi connectivity index (χ1) is 6.75. The molecular formula is C13H13S. The highest BCUT2D eigenvalue weighted by Gasteiger charge is 2.01. The summed E-state index contributed by atoms with van der Waals surface area (Å²) in [4.78, 5) is 2.59. The Morgan fingerprint density at radius 1 is 1.21 bits per heavy atom. The van der Waals surface area contributed by atoms with Crippen LogP contribution in [0.2, 0.25) is 0 Å². The number of aryl methyl sites for hydroxylation is 1. The lowest BCUT2D eigenvalue weighted by Gasteiger charge is -1.96. The molecule has 0 aliphatic rings. The van der Waals surface area contributed by atoms with Gasteiger partial charge in [0, 0.05) is 16.2 Å². The number of thiophene rings is 1. The van der Waals surface area contributed by atoms with E-state index < -0.39 is 0 Å². The van der Waals surface area contributed by atoms with Crippen molar-refractivity contribution in [1.29, 1.82) is 0 Å². The van der Waals surface area contributed by atoms with Crippen molar-refractivity contribution in [1.82, 2.24) is 0 Å². The van der Waals surface area contributed by atoms with Gasteiger partial charge in [-0.2, -0.15) is 0 Å². The second-order valence-electron chi connectivity index (χ2n) is 3.48. The molecule has 0 spiro atoms. The van der Waals surface area contributed by atoms with Crippen LogP contribution in [-0.2, 0) is 6.42 Å². The number of rotatable bonds is 2. The Morgan fingerprint density at radius 2 is 1.93 bits per heavy atom. The molecule has 2 aromatic rings. The van der Waals surface area contributed by atoms with Gasteiger partial charge in [-0.25, -0.2) is 0 Å². The maximum atomic E-state index is 4.00. The third-order valence-corrected chi connectivity index (χ3v) is 3.39. The van der Waals surface area contributed by atoms with Crippen LogP contribution in [0.4, 0.5) is 0 Å². The Kier molecular flexibility index (Phi) is 2.69. The largest absolute Gasteiger partial charge is 0.145 e. The fourth-order valence-electron chi connectivity index (χ4n) is 1.47. The van der Waals surface area contributed by atoms with Crippen LogP contribution in [0.25, 0.3) is 0 Å². The molecule has 0 saturated carbocycles. The highest BCUT2D eigenvalue weighted by molar-refractivity contribution is 7.12. The molecule has 0 nitrogen and oxygen atoms in total. The van der Waals surface area contributed by atoms with Crippen molar-refractivity contribution in [2.45, 2.75) is 13.3 Å². The van der Waals surface area contributed by atoms with Crippen molar-refractivity contribution in [3.8, 4) is 0 Å². The predicted molar refractivity (Wildman–Crippen MR) is 62.8 cm³/mol. The molecule has 1 aromatic heterocycles. The number of hydrogen-bond donors (Lipinski definition) is 0. The van der Waals surface area contributed by atoms with Gasteiger partial charge in [-0.3, -0.25) is 0 Å². The maximum absolute atomic E-state index is 4.00. The molecule has 71 valence electrons. The molecule has 0 N–H and O–H groups in total. The van der Waals surface area contributed by atoms with Crippen LogP contribution in [0.1, 0.15) is 20.9 Å². The minimum atomic E-state index is 1.03. The van der Waals surface area contributed by atoms with E-state index in [1.807, 2.05) is 0 Å². The first-order valence-corrected chi connectivity index (χ1v) is 5.52. The standard InChI is InChI=1S/C13H13S/c1-10-8-13(14-11(10)2)9-12-6-4-3-5-7-12/h3-8H,2,9H2,1H3. The zero-order chi connectivity index (χ0) is 9.97. The second kappa shape index (κ2) is 3.97. The van der Waals surface area contributed by atoms with E-state index in [1.165, 1.54) is 20.9 Å². The zero-order valence-electron chi connectivity index (χ0n) is 8.29. The molecule has 1 radical (unpaired) electrons. The smallest absolute Gasteiger partial charge is 0.00947 e. The van der Waals surface area contributed by atoms with Gasteiger partial charge in [0.2, 0.25) is 0 Å². The summed E-state index contributed by atoms with van der Waals surface area (Å²) in [5.41, 5.74) is 2.68. The maximum Gasteiger partial charge on any atom is 0.00947 e. The Balaban J connectivity index is 2.19.